The zero-order valence-electron chi connectivity index (χ0n) is 44.2. The van der Waals surface area contributed by atoms with Gasteiger partial charge in [0.2, 0.25) is 5.91 Å². The molecule has 0 radical (unpaired) electrons. The summed E-state index contributed by atoms with van der Waals surface area (Å²) in [5.41, 5.74) is 4.44. The van der Waals surface area contributed by atoms with Gasteiger partial charge in [0.15, 0.2) is 32.8 Å². The number of nitrogens with zero attached hydrogens (tertiary/aromatic N) is 8. The molecule has 5 aromatic rings. The third-order valence-electron chi connectivity index (χ3n) is 15.7. The Morgan fingerprint density at radius 3 is 2.58 bits per heavy atom. The van der Waals surface area contributed by atoms with Crippen molar-refractivity contribution in [2.75, 3.05) is 56.2 Å². The number of fused-ring (bicyclic) bond motifs is 2. The van der Waals surface area contributed by atoms with E-state index in [2.05, 4.69) is 36.0 Å². The number of hydrogen-bond donors (Lipinski definition) is 4. The zero-order valence-corrected chi connectivity index (χ0v) is 45.9. The smallest absolute Gasteiger partial charge is 0.260 e. The molecule has 24 heteroatoms. The predicted molar refractivity (Wildman–Crippen MR) is 290 cm³/mol. The van der Waals surface area contributed by atoms with Crippen molar-refractivity contribution in [3.05, 3.63) is 133 Å². The van der Waals surface area contributed by atoms with Gasteiger partial charge in [-0.25, -0.2) is 32.2 Å². The van der Waals surface area contributed by atoms with E-state index in [4.69, 9.17) is 14.3 Å². The Bertz CT molecular complexity index is 3630. The van der Waals surface area contributed by atoms with Gasteiger partial charge in [0.25, 0.3) is 23.3 Å². The van der Waals surface area contributed by atoms with Crippen molar-refractivity contribution >= 4 is 61.8 Å². The summed E-state index contributed by atoms with van der Waals surface area (Å²) >= 11 is 1.54. The summed E-state index contributed by atoms with van der Waals surface area (Å²) in [6, 6.07) is 9.80. The van der Waals surface area contributed by atoms with Gasteiger partial charge in [-0.15, -0.1) is 11.3 Å². The largest absolute Gasteiger partial charge is 0.474 e. The summed E-state index contributed by atoms with van der Waals surface area (Å²) in [6.07, 6.45) is 5.24. The van der Waals surface area contributed by atoms with E-state index in [1.54, 1.807) is 42.7 Å². The summed E-state index contributed by atoms with van der Waals surface area (Å²) in [6.45, 7) is 9.34. The van der Waals surface area contributed by atoms with Crippen LogP contribution in [0.25, 0.3) is 21.7 Å². The van der Waals surface area contributed by atoms with Crippen LogP contribution in [0, 0.1) is 24.5 Å². The molecule has 2 saturated heterocycles. The van der Waals surface area contributed by atoms with E-state index in [9.17, 15) is 37.1 Å². The second-order valence-electron chi connectivity index (χ2n) is 21.5. The molecule has 3 amide bonds. The number of thiazole rings is 1. The van der Waals surface area contributed by atoms with Gasteiger partial charge in [-0.3, -0.25) is 24.1 Å². The molecular weight excluding hydrogens is 1060 g/mol. The van der Waals surface area contributed by atoms with E-state index in [1.165, 1.54) is 27.0 Å². The molecule has 1 aliphatic carbocycles. The second-order valence-corrected chi connectivity index (χ2v) is 24.5. The number of aryl methyl sites for hydroxylation is 2. The average molecular weight is 1120 g/mol. The number of sulfone groups is 1. The standard InChI is InChI=1S/C55H59F2N11O9S2/c1-28(2)43(53(72)68-24-34(69)20-40(68)49-62-54(73)55(4,63-49)31-9-7-30(8-10-31)48-29(3)60-27-78-48)41-21-42(64-77-41)76-18-17-66-16-12-33(23-66)61-51(70)44-36-25-67(50-38(57)19-32(56)22-59-50)39-11-14-58-47(45(36)39)46-35(13-15-65(5)52(46)71)37(44)26-79(6,74)75/h7-10,13,15,19,21-22,25,27-28,33-34,39-40,43,58,69H,11-12,14,16-18,20,23-24,26H2,1-6H3,(H,61,70)(H,62,63,73)/t33-,34+,39?,40+,43+,55+/m0/s1. The molecule has 11 rings (SSSR count). The number of β-amino-alcohol motifs (C(OH)–C–C–N with tert-alkyl or cyclic N) is 1. The van der Waals surface area contributed by atoms with E-state index in [0.29, 0.717) is 67.3 Å². The monoisotopic (exact) mass is 1120 g/mol. The maximum absolute atomic E-state index is 15.5. The number of anilines is 1. The van der Waals surface area contributed by atoms with Gasteiger partial charge in [-0.05, 0) is 66.1 Å². The molecule has 9 heterocycles. The van der Waals surface area contributed by atoms with Crippen LogP contribution < -0.4 is 31.1 Å². The molecule has 6 aliphatic rings. The number of aliphatic imine (C=N–C) groups is 1. The number of nitrogens with one attached hydrogen (secondary N) is 3. The third kappa shape index (κ3) is 9.96. The molecule has 79 heavy (non-hydrogen) atoms. The van der Waals surface area contributed by atoms with Crippen molar-refractivity contribution in [1.29, 1.82) is 0 Å². The number of aliphatic hydroxyl groups is 1. The minimum atomic E-state index is -3.83. The predicted octanol–water partition coefficient (Wildman–Crippen LogP) is 4.18. The van der Waals surface area contributed by atoms with E-state index < -0.39 is 74.4 Å². The lowest BCUT2D eigenvalue weighted by atomic mass is 9.89. The van der Waals surface area contributed by atoms with Gasteiger partial charge in [-0.1, -0.05) is 38.1 Å². The highest BCUT2D eigenvalue weighted by molar-refractivity contribution is 7.91. The van der Waals surface area contributed by atoms with Crippen LogP contribution in [0.15, 0.2) is 97.6 Å². The Hall–Kier alpha value is -7.41. The van der Waals surface area contributed by atoms with Crippen LogP contribution in [0.4, 0.5) is 14.6 Å². The molecule has 5 aliphatic heterocycles. The summed E-state index contributed by atoms with van der Waals surface area (Å²) in [4.78, 5) is 76.7. The number of halogens is 2. The third-order valence-corrected chi connectivity index (χ3v) is 17.5. The molecule has 1 unspecified atom stereocenters. The SMILES string of the molecule is Cc1ncsc1-c1ccc([C@@]2(C)N=C([C@H]3C[C@@H](O)CN3C(=O)[C@@H](c3cc(OCCN4CC[C@H](NC(=O)C5=C(CS(C)(=O)=O)c6ccn(C)c(=O)c6C6=C7C5=CN(c5ncc(F)cc5F)C7CCN6)C4)no3)C(C)C)NC2=O)cc1. The van der Waals surface area contributed by atoms with E-state index in [0.717, 1.165) is 34.7 Å². The van der Waals surface area contributed by atoms with Crippen LogP contribution in [-0.4, -0.2) is 142 Å². The number of hydrogen-bond acceptors (Lipinski definition) is 17. The topological polar surface area (TPSA) is 247 Å². The molecular formula is C55H59F2N11O9S2. The summed E-state index contributed by atoms with van der Waals surface area (Å²) in [5.74, 6) is -4.22. The maximum atomic E-state index is 15.5. The molecule has 414 valence electrons. The quantitative estimate of drug-likeness (QED) is 0.115. The fourth-order valence-electron chi connectivity index (χ4n) is 11.8. The fraction of sp³-hybridized carbons (Fsp3) is 0.418. The second kappa shape index (κ2) is 20.7. The fourth-order valence-corrected chi connectivity index (χ4v) is 13.4. The zero-order chi connectivity index (χ0) is 55.8. The first kappa shape index (κ1) is 53.6. The van der Waals surface area contributed by atoms with Crippen molar-refractivity contribution in [2.45, 2.75) is 82.6 Å². The molecule has 4 aromatic heterocycles. The number of rotatable bonds is 15. The van der Waals surface area contributed by atoms with Crippen molar-refractivity contribution in [2.24, 2.45) is 18.0 Å². The number of amidine groups is 1. The average Bonchev–Trinajstić information content (AvgIpc) is 4.42. The van der Waals surface area contributed by atoms with Gasteiger partial charge in [0, 0.05) is 94.2 Å². The van der Waals surface area contributed by atoms with Gasteiger partial charge in [0.05, 0.1) is 63.1 Å². The van der Waals surface area contributed by atoms with Gasteiger partial charge in [-0.2, -0.15) is 0 Å². The number of ether oxygens (including phenoxy) is 1. The molecule has 20 nitrogen and oxygen atoms in total. The number of carbonyl (C=O) groups is 3. The molecule has 0 bridgehead atoms. The number of benzene rings is 1. The Balaban J connectivity index is 0.772. The van der Waals surface area contributed by atoms with Crippen LogP contribution in [-0.2, 0) is 36.8 Å². The molecule has 0 spiro atoms. The number of pyridine rings is 2. The van der Waals surface area contributed by atoms with Crippen molar-refractivity contribution < 1.29 is 45.9 Å². The number of likely N-dealkylation sites (tertiary alicyclic amines) is 2. The van der Waals surface area contributed by atoms with E-state index in [-0.39, 0.29) is 77.0 Å². The molecule has 2 fully saturated rings. The first-order chi connectivity index (χ1) is 37.7. The lowest BCUT2D eigenvalue weighted by molar-refractivity contribution is -0.134. The molecule has 6 atom stereocenters. The summed E-state index contributed by atoms with van der Waals surface area (Å²) < 4.78 is 69.4. The number of amides is 3. The summed E-state index contributed by atoms with van der Waals surface area (Å²) in [7, 11) is -2.26. The minimum absolute atomic E-state index is 0.0178. The van der Waals surface area contributed by atoms with Crippen LogP contribution in [0.1, 0.15) is 74.1 Å². The van der Waals surface area contributed by atoms with Gasteiger partial charge in [0.1, 0.15) is 24.2 Å². The lowest BCUT2D eigenvalue weighted by Gasteiger charge is -2.32. The number of aromatic nitrogens is 4. The van der Waals surface area contributed by atoms with Crippen LogP contribution in [0.3, 0.4) is 0 Å². The Labute approximate surface area is 457 Å². The van der Waals surface area contributed by atoms with Crippen molar-refractivity contribution in [3.63, 3.8) is 0 Å². The number of carbonyl (C=O) groups excluding carboxylic acids is 3. The highest BCUT2D eigenvalue weighted by atomic mass is 32.2. The first-order valence-corrected chi connectivity index (χ1v) is 29.1. The number of aliphatic hydroxyl groups excluding tert-OH is 1. The lowest BCUT2D eigenvalue weighted by Crippen LogP contribution is -2.48. The molecule has 4 N–H and O–H groups in total. The van der Waals surface area contributed by atoms with E-state index in [1.807, 2.05) is 45.0 Å². The van der Waals surface area contributed by atoms with Crippen LogP contribution in [0.2, 0.25) is 0 Å². The van der Waals surface area contributed by atoms with Crippen molar-refractivity contribution in [3.8, 4) is 16.3 Å². The normalized spacial score (nSPS) is 23.3. The van der Waals surface area contributed by atoms with Crippen LogP contribution in [0.5, 0.6) is 5.88 Å². The Morgan fingerprint density at radius 1 is 1.08 bits per heavy atom. The minimum Gasteiger partial charge on any atom is -0.474 e. The van der Waals surface area contributed by atoms with E-state index >= 15 is 4.39 Å². The highest BCUT2D eigenvalue weighted by Crippen LogP contribution is 2.48. The maximum Gasteiger partial charge on any atom is 0.260 e. The highest BCUT2D eigenvalue weighted by Gasteiger charge is 2.49. The van der Waals surface area contributed by atoms with Gasteiger partial charge >= 0.3 is 0 Å². The van der Waals surface area contributed by atoms with Gasteiger partial charge < -0.3 is 44.7 Å². The Kier molecular flexibility index (Phi) is 14.0. The first-order valence-electron chi connectivity index (χ1n) is 26.1. The molecule has 0 saturated carbocycles. The molecule has 1 aromatic carbocycles. The summed E-state index contributed by atoms with van der Waals surface area (Å²) in [5, 5.41) is 24.5. The van der Waals surface area contributed by atoms with Crippen molar-refractivity contribution in [1.82, 2.24) is 45.4 Å². The Morgan fingerprint density at radius 2 is 1.86 bits per heavy atom. The van der Waals surface area contributed by atoms with Crippen LogP contribution >= 0.6 is 11.3 Å².